The Balaban J connectivity index is 2.52. The zero-order chi connectivity index (χ0) is 18.4. The van der Waals surface area contributed by atoms with Gasteiger partial charge in [0, 0.05) is 15.6 Å². The van der Waals surface area contributed by atoms with E-state index < -0.39 is 15.1 Å². The number of halogens is 4. The average Bonchev–Trinajstić information content (AvgIpc) is 2.57. The Kier molecular flexibility index (Phi) is 7.47. The molecule has 130 valence electrons. The summed E-state index contributed by atoms with van der Waals surface area (Å²) in [6.45, 7) is 0. The summed E-state index contributed by atoms with van der Waals surface area (Å²) in [6, 6.07) is 15.8. The standard InChI is InChI=1S/C16H10Cl4N2O2S/c17-10-6-8-11(9-7-10)21-16(25-12-4-2-1-3-5-12)14(22(23)24)13(18)15(19)20/h1-9,21H. The number of rotatable bonds is 6. The van der Waals surface area contributed by atoms with Gasteiger partial charge >= 0.3 is 5.70 Å². The largest absolute Gasteiger partial charge is 0.344 e. The molecule has 0 aromatic heterocycles. The third-order valence-electron chi connectivity index (χ3n) is 2.84. The molecule has 0 aliphatic carbocycles. The van der Waals surface area contributed by atoms with Crippen LogP contribution in [0.1, 0.15) is 0 Å². The fourth-order valence-electron chi connectivity index (χ4n) is 1.76. The summed E-state index contributed by atoms with van der Waals surface area (Å²) < 4.78 is -0.391. The first-order valence-corrected chi connectivity index (χ1v) is 9.06. The fraction of sp³-hybridized carbons (Fsp3) is 0. The molecule has 0 aliphatic rings. The maximum absolute atomic E-state index is 11.6. The van der Waals surface area contributed by atoms with Gasteiger partial charge in [0.05, 0.1) is 4.92 Å². The minimum absolute atomic E-state index is 0.169. The van der Waals surface area contributed by atoms with E-state index in [0.717, 1.165) is 16.7 Å². The van der Waals surface area contributed by atoms with Crippen LogP contribution in [0.2, 0.25) is 5.02 Å². The van der Waals surface area contributed by atoms with Crippen LogP contribution in [0.3, 0.4) is 0 Å². The Morgan fingerprint density at radius 2 is 1.60 bits per heavy atom. The van der Waals surface area contributed by atoms with E-state index in [1.54, 1.807) is 24.3 Å². The first-order valence-electron chi connectivity index (χ1n) is 6.73. The molecular formula is C16H10Cl4N2O2S. The molecule has 0 bridgehead atoms. The number of thioether (sulfide) groups is 1. The van der Waals surface area contributed by atoms with Crippen LogP contribution in [0.25, 0.3) is 0 Å². The lowest BCUT2D eigenvalue weighted by Gasteiger charge is -2.12. The molecule has 0 spiro atoms. The van der Waals surface area contributed by atoms with Gasteiger partial charge in [0.15, 0.2) is 10.1 Å². The summed E-state index contributed by atoms with van der Waals surface area (Å²) in [7, 11) is 0. The van der Waals surface area contributed by atoms with Gasteiger partial charge in [-0.25, -0.2) is 0 Å². The van der Waals surface area contributed by atoms with E-state index >= 15 is 0 Å². The molecule has 0 unspecified atom stereocenters. The molecule has 0 atom stereocenters. The van der Waals surface area contributed by atoms with Crippen molar-refractivity contribution in [3.05, 3.63) is 90.0 Å². The molecule has 2 aromatic carbocycles. The van der Waals surface area contributed by atoms with Crippen molar-refractivity contribution in [2.24, 2.45) is 0 Å². The molecular weight excluding hydrogens is 426 g/mol. The van der Waals surface area contributed by atoms with Gasteiger partial charge in [-0.15, -0.1) is 0 Å². The highest BCUT2D eigenvalue weighted by Crippen LogP contribution is 2.36. The minimum atomic E-state index is -0.638. The first-order chi connectivity index (χ1) is 11.9. The van der Waals surface area contributed by atoms with Crippen LogP contribution >= 0.6 is 58.2 Å². The van der Waals surface area contributed by atoms with Crippen LogP contribution in [-0.2, 0) is 0 Å². The quantitative estimate of drug-likeness (QED) is 0.232. The second kappa shape index (κ2) is 9.36. The number of nitro groups is 1. The maximum Gasteiger partial charge on any atom is 0.320 e. The Morgan fingerprint density at radius 1 is 1.00 bits per heavy atom. The van der Waals surface area contributed by atoms with Gasteiger partial charge in [-0.2, -0.15) is 0 Å². The minimum Gasteiger partial charge on any atom is -0.344 e. The van der Waals surface area contributed by atoms with Crippen molar-refractivity contribution in [1.82, 2.24) is 0 Å². The zero-order valence-electron chi connectivity index (χ0n) is 12.4. The van der Waals surface area contributed by atoms with Crippen molar-refractivity contribution in [3.8, 4) is 0 Å². The number of nitrogens with zero attached hydrogens (tertiary/aromatic N) is 1. The van der Waals surface area contributed by atoms with Crippen molar-refractivity contribution in [3.63, 3.8) is 0 Å². The summed E-state index contributed by atoms with van der Waals surface area (Å²) in [5.74, 6) is 0. The Bertz CT molecular complexity index is 820. The van der Waals surface area contributed by atoms with E-state index in [1.807, 2.05) is 30.3 Å². The molecule has 0 heterocycles. The molecule has 2 rings (SSSR count). The summed E-state index contributed by atoms with van der Waals surface area (Å²) in [4.78, 5) is 11.7. The third kappa shape index (κ3) is 5.83. The normalized spacial score (nSPS) is 11.5. The summed E-state index contributed by atoms with van der Waals surface area (Å²) in [6.07, 6.45) is 0. The number of benzene rings is 2. The van der Waals surface area contributed by atoms with Crippen LogP contribution in [0.4, 0.5) is 5.69 Å². The van der Waals surface area contributed by atoms with Gasteiger partial charge in [0.1, 0.15) is 4.49 Å². The van der Waals surface area contributed by atoms with Gasteiger partial charge in [-0.05, 0) is 36.4 Å². The monoisotopic (exact) mass is 434 g/mol. The zero-order valence-corrected chi connectivity index (χ0v) is 16.2. The molecule has 9 heteroatoms. The molecule has 0 radical (unpaired) electrons. The van der Waals surface area contributed by atoms with E-state index in [1.165, 1.54) is 0 Å². The summed E-state index contributed by atoms with van der Waals surface area (Å²) in [5.41, 5.74) is 0.169. The van der Waals surface area contributed by atoms with Crippen molar-refractivity contribution >= 4 is 63.9 Å². The molecule has 0 amide bonds. The lowest BCUT2D eigenvalue weighted by molar-refractivity contribution is -0.420. The molecule has 0 aliphatic heterocycles. The van der Waals surface area contributed by atoms with Gasteiger partial charge < -0.3 is 5.32 Å². The maximum atomic E-state index is 11.6. The van der Waals surface area contributed by atoms with Crippen LogP contribution in [0, 0.1) is 10.1 Å². The Labute approximate surface area is 168 Å². The molecule has 0 saturated carbocycles. The highest BCUT2D eigenvalue weighted by Gasteiger charge is 2.26. The highest BCUT2D eigenvalue weighted by atomic mass is 35.5. The van der Waals surface area contributed by atoms with Crippen molar-refractivity contribution < 1.29 is 4.92 Å². The highest BCUT2D eigenvalue weighted by molar-refractivity contribution is 8.03. The second-order valence-electron chi connectivity index (χ2n) is 4.56. The molecule has 0 saturated heterocycles. The smallest absolute Gasteiger partial charge is 0.320 e. The number of nitrogens with one attached hydrogen (secondary N) is 1. The number of anilines is 1. The number of hydrogen-bond acceptors (Lipinski definition) is 4. The molecule has 2 aromatic rings. The lowest BCUT2D eigenvalue weighted by atomic mass is 10.3. The van der Waals surface area contributed by atoms with E-state index in [-0.39, 0.29) is 10.1 Å². The van der Waals surface area contributed by atoms with Crippen LogP contribution < -0.4 is 5.32 Å². The van der Waals surface area contributed by atoms with Crippen LogP contribution in [0.5, 0.6) is 0 Å². The lowest BCUT2D eigenvalue weighted by Crippen LogP contribution is -2.09. The van der Waals surface area contributed by atoms with Gasteiger partial charge in [-0.3, -0.25) is 10.1 Å². The van der Waals surface area contributed by atoms with E-state index in [4.69, 9.17) is 46.4 Å². The van der Waals surface area contributed by atoms with E-state index in [0.29, 0.717) is 10.7 Å². The van der Waals surface area contributed by atoms with Gasteiger partial charge in [0.25, 0.3) is 0 Å². The van der Waals surface area contributed by atoms with Crippen molar-refractivity contribution in [1.29, 1.82) is 0 Å². The van der Waals surface area contributed by atoms with Gasteiger partial charge in [-0.1, -0.05) is 76.4 Å². The van der Waals surface area contributed by atoms with Crippen molar-refractivity contribution in [2.45, 2.75) is 4.90 Å². The average molecular weight is 436 g/mol. The predicted molar refractivity (Wildman–Crippen MR) is 106 cm³/mol. The van der Waals surface area contributed by atoms with E-state index in [9.17, 15) is 10.1 Å². The molecule has 0 fully saturated rings. The first kappa shape index (κ1) is 19.9. The predicted octanol–water partition coefficient (Wildman–Crippen LogP) is 6.88. The number of allylic oxidation sites excluding steroid dienone is 1. The third-order valence-corrected chi connectivity index (χ3v) is 5.04. The summed E-state index contributed by atoms with van der Waals surface area (Å²) >= 11 is 24.3. The summed E-state index contributed by atoms with van der Waals surface area (Å²) in [5, 5.41) is 14.9. The molecule has 25 heavy (non-hydrogen) atoms. The molecule has 4 nitrogen and oxygen atoms in total. The number of hydrogen-bond donors (Lipinski definition) is 1. The second-order valence-corrected chi connectivity index (χ2v) is 7.40. The van der Waals surface area contributed by atoms with Crippen LogP contribution in [-0.4, -0.2) is 4.92 Å². The van der Waals surface area contributed by atoms with Crippen LogP contribution in [0.15, 0.2) is 79.7 Å². The van der Waals surface area contributed by atoms with Crippen molar-refractivity contribution in [2.75, 3.05) is 5.32 Å². The Morgan fingerprint density at radius 3 is 2.12 bits per heavy atom. The molecule has 1 N–H and O–H groups in total. The van der Waals surface area contributed by atoms with E-state index in [2.05, 4.69) is 5.32 Å². The SMILES string of the molecule is O=[N+]([O-])C(=C(Nc1ccc(Cl)cc1)Sc1ccccc1)C(Cl)=C(Cl)Cl. The Hall–Kier alpha value is -1.37. The van der Waals surface area contributed by atoms with Gasteiger partial charge in [0.2, 0.25) is 0 Å². The fourth-order valence-corrected chi connectivity index (χ4v) is 3.25. The topological polar surface area (TPSA) is 55.2 Å².